The van der Waals surface area contributed by atoms with Crippen molar-refractivity contribution in [2.75, 3.05) is 78.7 Å². The molecule has 26 nitrogen and oxygen atoms in total. The third-order valence-corrected chi connectivity index (χ3v) is 22.0. The van der Waals surface area contributed by atoms with Crippen molar-refractivity contribution in [3.63, 3.8) is 0 Å². The number of nitrogens with zero attached hydrogens (tertiary/aromatic N) is 2. The molecule has 10 rings (SSSR count). The van der Waals surface area contributed by atoms with Crippen LogP contribution < -0.4 is 145 Å². The van der Waals surface area contributed by atoms with Crippen LogP contribution in [0.2, 0.25) is 25.1 Å². The average molecular weight is 2030 g/mol. The van der Waals surface area contributed by atoms with Crippen molar-refractivity contribution in [2.24, 2.45) is 5.73 Å². The molecule has 1 amide bonds. The number of allylic oxidation sites excluding steroid dienone is 1. The van der Waals surface area contributed by atoms with Gasteiger partial charge in [0.2, 0.25) is 0 Å². The maximum absolute atomic E-state index is 14.1. The van der Waals surface area contributed by atoms with Crippen LogP contribution in [0.15, 0.2) is 204 Å². The van der Waals surface area contributed by atoms with Crippen molar-refractivity contribution in [1.29, 1.82) is 0 Å². The van der Waals surface area contributed by atoms with Crippen molar-refractivity contribution >= 4 is 175 Å². The first kappa shape index (κ1) is 122. The summed E-state index contributed by atoms with van der Waals surface area (Å²) < 4.78 is 91.8. The van der Waals surface area contributed by atoms with Crippen LogP contribution in [0.3, 0.4) is 0 Å². The number of thiazole rings is 1. The van der Waals surface area contributed by atoms with Gasteiger partial charge in [-0.25, -0.2) is 27.0 Å². The first-order chi connectivity index (χ1) is 57.7. The Labute approximate surface area is 850 Å². The van der Waals surface area contributed by atoms with E-state index >= 15 is 0 Å². The summed E-state index contributed by atoms with van der Waals surface area (Å²) in [6.45, 7) is 5.89. The molecule has 1 aliphatic heterocycles. The maximum atomic E-state index is 14.1. The van der Waals surface area contributed by atoms with Gasteiger partial charge in [0.05, 0.1) is 65.6 Å². The zero-order chi connectivity index (χ0) is 90.8. The van der Waals surface area contributed by atoms with Gasteiger partial charge in [-0.2, -0.15) is 0 Å². The number of nitrogens with one attached hydrogen (secondary N) is 2. The second-order valence-electron chi connectivity index (χ2n) is 24.1. The molecule has 1 fully saturated rings. The number of phenolic OH excluding ortho intramolecular Hbond substituents is 4. The molecule has 0 aliphatic carbocycles. The number of phenols is 4. The molecule has 0 saturated carbocycles. The van der Waals surface area contributed by atoms with E-state index in [1.807, 2.05) is 60.4 Å². The summed E-state index contributed by atoms with van der Waals surface area (Å²) in [6, 6.07) is 50.6. The largest absolute Gasteiger partial charge is 1.00 e. The number of carbonyl (C=O) groups excluding carboxylic acids is 8. The third kappa shape index (κ3) is 49.1. The van der Waals surface area contributed by atoms with Crippen molar-refractivity contribution in [2.45, 2.75) is 57.0 Å². The van der Waals surface area contributed by atoms with Crippen LogP contribution >= 0.6 is 76.2 Å². The number of esters is 3. The van der Waals surface area contributed by atoms with Gasteiger partial charge in [-0.1, -0.05) is 161 Å². The number of nitrogens with two attached hydrogens (primary N) is 1. The number of alkyl halides is 1. The number of ether oxygens (including phenoxy) is 5. The second kappa shape index (κ2) is 71.4. The molecule has 1 aliphatic rings. The molecule has 1 saturated heterocycles. The Kier molecular flexibility index (Phi) is 70.0. The first-order valence-electron chi connectivity index (χ1n) is 35.7. The number of methoxy groups -OCH3 is 3. The minimum Gasteiger partial charge on any atom is -1.00 e. The van der Waals surface area contributed by atoms with Gasteiger partial charge in [0, 0.05) is 82.8 Å². The number of carbonyl (C=O) groups is 8. The summed E-state index contributed by atoms with van der Waals surface area (Å²) in [7, 11) is -1.80. The first-order valence-corrected chi connectivity index (χ1v) is 41.1. The van der Waals surface area contributed by atoms with Gasteiger partial charge in [-0.15, -0.1) is 15.6 Å². The number of amides is 1. The van der Waals surface area contributed by atoms with Crippen LogP contribution in [0.5, 0.6) is 23.0 Å². The maximum Gasteiger partial charge on any atom is 1.00 e. The standard InChI is InChI=1S/C20H17OP.C14H13ClF2N2O4S2.C12H16ClNO3.C12H14ClNO3.C9H7ClO2.C7H5ClO2.C4H8O.C3H7NO2.CH3F.CH2O3.CH3.2K.Pd.H/c21-16-17-22(18-10-4-1-5-11-18,19-12-6-2-7-13-19)20-14-8-3-9-15-20;1-14(2,3)23-13(20)19(12-6-24-7-18-12)25(21,22)11-4-8(15)9(16)5-10(11)17;2*1-17-12(16)8-14-6-2-3-9-7-10(13)4-5-11(9)15;10-8-3-4-9(12)7(6-8)2-1-5-11;8-6-1-2-7(10)5(3-6)4-9;1-2-4-5-3-1;1-6-3(5)2-4;1-2;2-1-4-3;;;;;/h1-17H;4-7H,1-3H3;4-5,7,14-15H,2-3,6,8H2,1H3;2-5,7,14-15H,6,8H2,1H3;1-6,12H;1-4,10H;1-4H2;2,4H2,1H3;1H3;1,3H;1H3;;;;/q;;;;;;;;;;-1;2*+1;;-1/p-1/b;;;3-2+;2-1+;;;;;;;;;;/i;;;;;;;;1D;;;;;;. The van der Waals surface area contributed by atoms with Gasteiger partial charge in [-0.3, -0.25) is 38.0 Å². The Balaban J connectivity index is -0.000000450. The Morgan fingerprint density at radius 1 is 0.661 bits per heavy atom. The smallest absolute Gasteiger partial charge is 1.00 e. The number of halogens is 8. The predicted octanol–water partition coefficient (Wildman–Crippen LogP) is 8.37. The van der Waals surface area contributed by atoms with E-state index in [9.17, 15) is 70.5 Å². The van der Waals surface area contributed by atoms with Gasteiger partial charge in [0.15, 0.2) is 12.1 Å². The van der Waals surface area contributed by atoms with Gasteiger partial charge >= 0.3 is 127 Å². The van der Waals surface area contributed by atoms with Crippen molar-refractivity contribution in [3.8, 4) is 23.0 Å². The predicted molar refractivity (Wildman–Crippen MR) is 470 cm³/mol. The molecule has 1 aromatic heterocycles. The number of aromatic nitrogens is 1. The van der Waals surface area contributed by atoms with Gasteiger partial charge in [0.1, 0.15) is 57.7 Å². The van der Waals surface area contributed by atoms with E-state index in [0.29, 0.717) is 75.4 Å². The summed E-state index contributed by atoms with van der Waals surface area (Å²) in [4.78, 5) is 89.5. The van der Waals surface area contributed by atoms with Crippen molar-refractivity contribution in [1.82, 2.24) is 15.6 Å². The van der Waals surface area contributed by atoms with Crippen LogP contribution in [0.4, 0.5) is 23.8 Å². The molecule has 0 unspecified atom stereocenters. The number of benzene rings is 8. The molecule has 124 heavy (non-hydrogen) atoms. The average Bonchev–Trinajstić information content (AvgIpc) is 1.09. The van der Waals surface area contributed by atoms with Crippen LogP contribution in [-0.4, -0.2) is 169 Å². The van der Waals surface area contributed by atoms with Crippen molar-refractivity contribution in [3.05, 3.63) is 265 Å². The number of rotatable bonds is 23. The molecule has 2 heterocycles. The Bertz CT molecular complexity index is 4780. The molecule has 0 bridgehead atoms. The summed E-state index contributed by atoms with van der Waals surface area (Å²) in [5.74, 6) is -1.44. The number of anilines is 1. The van der Waals surface area contributed by atoms with Gasteiger partial charge in [-0.05, 0) is 178 Å². The minimum atomic E-state index is -4.79. The fraction of sp³-hybridized carbons (Fsp3) is 0.226. The Morgan fingerprint density at radius 3 is 1.48 bits per heavy atom. The summed E-state index contributed by atoms with van der Waals surface area (Å²) in [6.07, 6.45) is 11.2. The molecule has 40 heteroatoms. The molecule has 0 atom stereocenters. The normalized spacial score (nSPS) is 10.7. The number of hydrogen-bond acceptors (Lipinski definition) is 26. The van der Waals surface area contributed by atoms with Crippen molar-refractivity contribution < 1.29 is 240 Å². The van der Waals surface area contributed by atoms with Gasteiger partial charge in [0.25, 0.3) is 16.5 Å². The van der Waals surface area contributed by atoms with E-state index in [4.69, 9.17) is 89.7 Å². The third-order valence-electron chi connectivity index (χ3n) is 14.6. The Hall–Kier alpha value is -6.54. The van der Waals surface area contributed by atoms with Crippen LogP contribution in [-0.2, 0) is 94.2 Å². The van der Waals surface area contributed by atoms with Crippen LogP contribution in [0.25, 0.3) is 12.2 Å². The van der Waals surface area contributed by atoms with Gasteiger partial charge < -0.3 is 79.5 Å². The van der Waals surface area contributed by atoms with E-state index in [0.717, 1.165) is 42.8 Å². The monoisotopic (exact) mass is 2020 g/mol. The number of aryl methyl sites for hydroxylation is 1. The molecular weight excluding hydrogens is 1930 g/mol. The van der Waals surface area contributed by atoms with Crippen LogP contribution in [0.1, 0.15) is 69.9 Å². The second-order valence-corrected chi connectivity index (χ2v) is 32.0. The molecule has 8 aromatic carbocycles. The molecule has 9 aromatic rings. The van der Waals surface area contributed by atoms with E-state index in [1.165, 1.54) is 124 Å². The fourth-order valence-electron chi connectivity index (χ4n) is 9.12. The zero-order valence-corrected chi connectivity index (χ0v) is 83.0. The van der Waals surface area contributed by atoms with E-state index in [-0.39, 0.29) is 215 Å². The number of aromatic hydroxyl groups is 4. The topological polar surface area (TPSA) is 396 Å². The van der Waals surface area contributed by atoms with E-state index in [1.54, 1.807) is 54.6 Å². The molecule has 668 valence electrons. The van der Waals surface area contributed by atoms with E-state index < -0.39 is 57.3 Å². The Morgan fingerprint density at radius 2 is 1.10 bits per heavy atom. The SMILES string of the molecule is C1CCOC1.CC(C)(C)OC(=O)N(c1cscn1)S(=O)(=O)c1cc(Cl)c(F)cc1F.COC(=O)CN.COC(=O)CNC/C=C/c1cc(Cl)ccc1O.COC(=O)CNCCCc1cc(Cl)ccc1O.O=C/C=C/c1cc(Cl)ccc1O.O=CC=P(c1ccccc1)(c1ccccc1)c1ccccc1.O=CO[O-].O=Cc1cc(Cl)ccc1O.[2H]CF.[CH3-].[H-].[K+].[K+].[Pd]. The number of aldehydes is 3. The molecule has 0 spiro atoms. The van der Waals surface area contributed by atoms with Crippen LogP contribution in [0, 0.1) is 19.1 Å². The summed E-state index contributed by atoms with van der Waals surface area (Å²) in [5, 5.41) is 57.9. The summed E-state index contributed by atoms with van der Waals surface area (Å²) >= 11 is 29.4. The number of sulfonamides is 1. The fourth-order valence-corrected chi connectivity index (χ4v) is 15.5. The summed E-state index contributed by atoms with van der Waals surface area (Å²) in [5.41, 5.74) is 7.29. The molecule has 0 radical (unpaired) electrons. The minimum absolute atomic E-state index is 0. The number of hydrogen-bond donors (Lipinski definition) is 7. The quantitative estimate of drug-likeness (QED) is 0.00270. The zero-order valence-electron chi connectivity index (χ0n) is 70.9. The molecule has 8 N–H and O–H groups in total. The van der Waals surface area contributed by atoms with E-state index in [2.05, 4.69) is 71.1 Å². The molecular formula is C84H95Cl5F3K2N5O21PPdS2-.